The maximum Gasteiger partial charge on any atom is 0.123 e. The van der Waals surface area contributed by atoms with Gasteiger partial charge in [0, 0.05) is 5.92 Å². The average molecular weight is 238 g/mol. The fourth-order valence-corrected chi connectivity index (χ4v) is 2.78. The van der Waals surface area contributed by atoms with Crippen LogP contribution in [0.25, 0.3) is 5.57 Å². The lowest BCUT2D eigenvalue weighted by atomic mass is 9.77. The van der Waals surface area contributed by atoms with Crippen LogP contribution in [0.3, 0.4) is 0 Å². The summed E-state index contributed by atoms with van der Waals surface area (Å²) in [4.78, 5) is 0. The molecule has 0 amide bonds. The molecule has 0 aliphatic heterocycles. The van der Waals surface area contributed by atoms with Crippen LogP contribution in [-0.4, -0.2) is 0 Å². The van der Waals surface area contributed by atoms with E-state index in [1.165, 1.54) is 23.3 Å². The molecule has 2 aromatic carbocycles. The van der Waals surface area contributed by atoms with Gasteiger partial charge in [0.05, 0.1) is 0 Å². The van der Waals surface area contributed by atoms with E-state index >= 15 is 0 Å². The van der Waals surface area contributed by atoms with Crippen molar-refractivity contribution >= 4 is 5.57 Å². The largest absolute Gasteiger partial charge is 0.207 e. The van der Waals surface area contributed by atoms with Gasteiger partial charge in [0.2, 0.25) is 0 Å². The first-order valence-corrected chi connectivity index (χ1v) is 6.28. The van der Waals surface area contributed by atoms with Crippen LogP contribution in [0.2, 0.25) is 0 Å². The lowest BCUT2D eigenvalue weighted by molar-refractivity contribution is 0.625. The van der Waals surface area contributed by atoms with Gasteiger partial charge >= 0.3 is 0 Å². The van der Waals surface area contributed by atoms with Gasteiger partial charge in [0.25, 0.3) is 0 Å². The Balaban J connectivity index is 1.97. The summed E-state index contributed by atoms with van der Waals surface area (Å²) in [5.41, 5.74) is 4.96. The zero-order valence-electron chi connectivity index (χ0n) is 10.2. The molecule has 0 saturated carbocycles. The maximum atomic E-state index is 13.0. The van der Waals surface area contributed by atoms with Crippen molar-refractivity contribution in [2.75, 3.05) is 0 Å². The van der Waals surface area contributed by atoms with Crippen LogP contribution in [-0.2, 0) is 6.42 Å². The summed E-state index contributed by atoms with van der Waals surface area (Å²) in [5, 5.41) is 0. The Labute approximate surface area is 107 Å². The molecule has 0 N–H and O–H groups in total. The summed E-state index contributed by atoms with van der Waals surface area (Å²) in [6.45, 7) is 4.24. The normalized spacial score (nSPS) is 18.5. The van der Waals surface area contributed by atoms with Crippen LogP contribution in [0.1, 0.15) is 29.0 Å². The molecule has 0 saturated heterocycles. The minimum atomic E-state index is -0.180. The van der Waals surface area contributed by atoms with Crippen molar-refractivity contribution in [1.29, 1.82) is 0 Å². The number of allylic oxidation sites excluding steroid dienone is 1. The molecule has 0 fully saturated rings. The van der Waals surface area contributed by atoms with E-state index in [1.54, 1.807) is 0 Å². The third-order valence-electron chi connectivity index (χ3n) is 3.76. The molecule has 0 nitrogen and oxygen atoms in total. The van der Waals surface area contributed by atoms with Crippen LogP contribution in [0.5, 0.6) is 0 Å². The zero-order chi connectivity index (χ0) is 12.5. The number of fused-ring (bicyclic) bond motifs is 1. The monoisotopic (exact) mass is 238 g/mol. The summed E-state index contributed by atoms with van der Waals surface area (Å²) in [6, 6.07) is 15.2. The molecule has 1 atom stereocenters. The second-order valence-electron chi connectivity index (χ2n) is 4.83. The van der Waals surface area contributed by atoms with Crippen molar-refractivity contribution in [2.24, 2.45) is 0 Å². The Morgan fingerprint density at radius 3 is 2.50 bits per heavy atom. The van der Waals surface area contributed by atoms with E-state index in [2.05, 4.69) is 30.8 Å². The van der Waals surface area contributed by atoms with Gasteiger partial charge in [0.15, 0.2) is 0 Å². The number of halogens is 1. The second kappa shape index (κ2) is 4.41. The Kier molecular flexibility index (Phi) is 2.75. The molecule has 3 rings (SSSR count). The van der Waals surface area contributed by atoms with Gasteiger partial charge in [-0.15, -0.1) is 0 Å². The lowest BCUT2D eigenvalue weighted by Crippen LogP contribution is -2.11. The Hall–Kier alpha value is -1.89. The Morgan fingerprint density at radius 1 is 1.00 bits per heavy atom. The minimum absolute atomic E-state index is 0.180. The highest BCUT2D eigenvalue weighted by molar-refractivity contribution is 5.73. The first-order chi connectivity index (χ1) is 8.75. The molecule has 0 aromatic heterocycles. The van der Waals surface area contributed by atoms with Crippen LogP contribution >= 0.6 is 0 Å². The third-order valence-corrected chi connectivity index (χ3v) is 3.76. The molecule has 0 heterocycles. The number of rotatable bonds is 1. The highest BCUT2D eigenvalue weighted by Gasteiger charge is 2.23. The van der Waals surface area contributed by atoms with Crippen LogP contribution in [0, 0.1) is 5.82 Å². The topological polar surface area (TPSA) is 0 Å². The van der Waals surface area contributed by atoms with Gasteiger partial charge in [0.1, 0.15) is 5.82 Å². The summed E-state index contributed by atoms with van der Waals surface area (Å²) < 4.78 is 13.0. The standard InChI is InChI=1S/C17H15F/c1-12-16-5-3-2-4-13(16)8-11-17(12)14-6-9-15(18)10-7-14/h2-7,9-10,17H,1,8,11H2. The molecule has 0 bridgehead atoms. The van der Waals surface area contributed by atoms with E-state index in [9.17, 15) is 4.39 Å². The number of hydrogen-bond donors (Lipinski definition) is 0. The highest BCUT2D eigenvalue weighted by Crippen LogP contribution is 2.40. The van der Waals surface area contributed by atoms with Crippen molar-refractivity contribution in [2.45, 2.75) is 18.8 Å². The summed E-state index contributed by atoms with van der Waals surface area (Å²) >= 11 is 0. The molecule has 0 radical (unpaired) electrons. The second-order valence-corrected chi connectivity index (χ2v) is 4.83. The van der Waals surface area contributed by atoms with Gasteiger partial charge < -0.3 is 0 Å². The fraction of sp³-hybridized carbons (Fsp3) is 0.176. The van der Waals surface area contributed by atoms with E-state index < -0.39 is 0 Å². The van der Waals surface area contributed by atoms with E-state index in [-0.39, 0.29) is 5.82 Å². The number of benzene rings is 2. The van der Waals surface area contributed by atoms with Crippen LogP contribution < -0.4 is 0 Å². The molecule has 1 unspecified atom stereocenters. The van der Waals surface area contributed by atoms with Crippen LogP contribution in [0.15, 0.2) is 55.1 Å². The predicted octanol–water partition coefficient (Wildman–Crippen LogP) is 4.57. The molecule has 1 aliphatic rings. The lowest BCUT2D eigenvalue weighted by Gasteiger charge is -2.27. The van der Waals surface area contributed by atoms with Crippen LogP contribution in [0.4, 0.5) is 4.39 Å². The first kappa shape index (κ1) is 11.2. The number of aryl methyl sites for hydroxylation is 1. The molecule has 0 spiro atoms. The number of hydrogen-bond acceptors (Lipinski definition) is 0. The van der Waals surface area contributed by atoms with Crippen molar-refractivity contribution in [3.8, 4) is 0 Å². The van der Waals surface area contributed by atoms with Gasteiger partial charge in [-0.05, 0) is 47.2 Å². The quantitative estimate of drug-likeness (QED) is 0.682. The van der Waals surface area contributed by atoms with Gasteiger partial charge in [-0.25, -0.2) is 4.39 Å². The van der Waals surface area contributed by atoms with Crippen molar-refractivity contribution in [3.63, 3.8) is 0 Å². The van der Waals surface area contributed by atoms with E-state index in [4.69, 9.17) is 0 Å². The summed E-state index contributed by atoms with van der Waals surface area (Å²) in [7, 11) is 0. The summed E-state index contributed by atoms with van der Waals surface area (Å²) in [5.74, 6) is 0.140. The summed E-state index contributed by atoms with van der Waals surface area (Å²) in [6.07, 6.45) is 2.12. The SMILES string of the molecule is C=C1c2ccccc2CCC1c1ccc(F)cc1. The molecular formula is C17H15F. The highest BCUT2D eigenvalue weighted by atomic mass is 19.1. The molecular weight excluding hydrogens is 223 g/mol. The molecule has 90 valence electrons. The molecule has 18 heavy (non-hydrogen) atoms. The molecule has 2 aromatic rings. The van der Waals surface area contributed by atoms with E-state index in [1.807, 2.05) is 12.1 Å². The van der Waals surface area contributed by atoms with Crippen molar-refractivity contribution in [3.05, 3.63) is 77.6 Å². The smallest absolute Gasteiger partial charge is 0.123 e. The average Bonchev–Trinajstić information content (AvgIpc) is 2.41. The van der Waals surface area contributed by atoms with Gasteiger partial charge in [-0.2, -0.15) is 0 Å². The predicted molar refractivity (Wildman–Crippen MR) is 72.9 cm³/mol. The zero-order valence-corrected chi connectivity index (χ0v) is 10.2. The van der Waals surface area contributed by atoms with E-state index in [0.717, 1.165) is 24.0 Å². The van der Waals surface area contributed by atoms with Crippen molar-refractivity contribution in [1.82, 2.24) is 0 Å². The Morgan fingerprint density at radius 2 is 1.72 bits per heavy atom. The minimum Gasteiger partial charge on any atom is -0.207 e. The van der Waals surface area contributed by atoms with Gasteiger partial charge in [-0.1, -0.05) is 43.0 Å². The molecule has 1 heteroatoms. The fourth-order valence-electron chi connectivity index (χ4n) is 2.78. The van der Waals surface area contributed by atoms with Gasteiger partial charge in [-0.3, -0.25) is 0 Å². The molecule has 1 aliphatic carbocycles. The Bertz CT molecular complexity index is 581. The van der Waals surface area contributed by atoms with E-state index in [0.29, 0.717) is 5.92 Å². The maximum absolute atomic E-state index is 13.0. The third kappa shape index (κ3) is 1.86. The first-order valence-electron chi connectivity index (χ1n) is 6.28. The van der Waals surface area contributed by atoms with Crippen molar-refractivity contribution < 1.29 is 4.39 Å².